The summed E-state index contributed by atoms with van der Waals surface area (Å²) in [5.74, 6) is -0.455. The fraction of sp³-hybridized carbons (Fsp3) is 0.562. The van der Waals surface area contributed by atoms with Gasteiger partial charge in [0.2, 0.25) is 0 Å². The number of carbonyl (C=O) groups excluding carboxylic acids is 1. The molecule has 4 heteroatoms. The maximum Gasteiger partial charge on any atom is 0.250 e. The lowest BCUT2D eigenvalue weighted by atomic mass is 9.86. The molecule has 0 atom stereocenters. The molecular weight excluding hydrogens is 250 g/mol. The van der Waals surface area contributed by atoms with Crippen molar-refractivity contribution in [1.29, 1.82) is 0 Å². The van der Waals surface area contributed by atoms with E-state index >= 15 is 0 Å². The van der Waals surface area contributed by atoms with Gasteiger partial charge >= 0.3 is 0 Å². The molecule has 0 spiro atoms. The highest BCUT2D eigenvalue weighted by Gasteiger charge is 2.19. The number of amides is 1. The van der Waals surface area contributed by atoms with Crippen molar-refractivity contribution in [3.05, 3.63) is 23.8 Å². The van der Waals surface area contributed by atoms with Gasteiger partial charge in [0, 0.05) is 6.54 Å². The molecule has 1 aromatic carbocycles. The van der Waals surface area contributed by atoms with Gasteiger partial charge in [-0.1, -0.05) is 46.1 Å². The lowest BCUT2D eigenvalue weighted by Crippen LogP contribution is -2.25. The highest BCUT2D eigenvalue weighted by molar-refractivity contribution is 6.01. The van der Waals surface area contributed by atoms with Crippen LogP contribution in [0.1, 0.15) is 56.8 Å². The number of nitrogens with two attached hydrogens (primary N) is 2. The lowest BCUT2D eigenvalue weighted by molar-refractivity contribution is 0.100. The van der Waals surface area contributed by atoms with E-state index in [0.29, 0.717) is 16.9 Å². The molecule has 1 rings (SSSR count). The van der Waals surface area contributed by atoms with E-state index in [0.717, 1.165) is 13.0 Å². The minimum atomic E-state index is -0.455. The number of unbranched alkanes of at least 4 members (excludes halogenated alkanes) is 2. The van der Waals surface area contributed by atoms with Crippen LogP contribution in [0.25, 0.3) is 0 Å². The zero-order valence-electron chi connectivity index (χ0n) is 12.8. The largest absolute Gasteiger partial charge is 0.397 e. The standard InChI is InChI=1S/C16H27N3O/c1-4-5-6-10-16(2,3)11-19-14-12(15(18)20)8-7-9-13(14)17/h7-9,19H,4-6,10-11,17H2,1-3H3,(H2,18,20). The van der Waals surface area contributed by atoms with Crippen molar-refractivity contribution in [3.8, 4) is 0 Å². The van der Waals surface area contributed by atoms with Crippen molar-refractivity contribution in [2.24, 2.45) is 11.1 Å². The summed E-state index contributed by atoms with van der Waals surface area (Å²) in [6.45, 7) is 7.41. The van der Waals surface area contributed by atoms with Gasteiger partial charge in [-0.3, -0.25) is 4.79 Å². The van der Waals surface area contributed by atoms with Gasteiger partial charge in [0.1, 0.15) is 0 Å². The van der Waals surface area contributed by atoms with Crippen LogP contribution in [0.4, 0.5) is 11.4 Å². The van der Waals surface area contributed by atoms with Crippen molar-refractivity contribution in [2.45, 2.75) is 46.5 Å². The number of hydrogen-bond acceptors (Lipinski definition) is 3. The molecule has 0 bridgehead atoms. The van der Waals surface area contributed by atoms with Crippen LogP contribution in [0.3, 0.4) is 0 Å². The average molecular weight is 277 g/mol. The molecule has 0 aromatic heterocycles. The summed E-state index contributed by atoms with van der Waals surface area (Å²) in [6, 6.07) is 5.22. The Labute approximate surface area is 121 Å². The average Bonchev–Trinajstić information content (AvgIpc) is 2.37. The predicted octanol–water partition coefficient (Wildman–Crippen LogP) is 3.39. The summed E-state index contributed by atoms with van der Waals surface area (Å²) in [4.78, 5) is 11.4. The van der Waals surface area contributed by atoms with Crippen molar-refractivity contribution in [2.75, 3.05) is 17.6 Å². The van der Waals surface area contributed by atoms with E-state index in [4.69, 9.17) is 11.5 Å². The second kappa shape index (κ2) is 7.17. The molecule has 112 valence electrons. The van der Waals surface area contributed by atoms with E-state index in [9.17, 15) is 4.79 Å². The summed E-state index contributed by atoms with van der Waals surface area (Å²) in [5.41, 5.74) is 13.2. The van der Waals surface area contributed by atoms with Gasteiger partial charge in [0.25, 0.3) is 5.91 Å². The number of primary amides is 1. The number of para-hydroxylation sites is 1. The fourth-order valence-electron chi connectivity index (χ4n) is 2.24. The van der Waals surface area contributed by atoms with E-state index < -0.39 is 5.91 Å². The molecule has 0 aliphatic heterocycles. The first-order chi connectivity index (χ1) is 9.37. The highest BCUT2D eigenvalue weighted by atomic mass is 16.1. The number of benzene rings is 1. The number of rotatable bonds is 8. The van der Waals surface area contributed by atoms with E-state index in [-0.39, 0.29) is 5.41 Å². The van der Waals surface area contributed by atoms with Crippen molar-refractivity contribution in [3.63, 3.8) is 0 Å². The van der Waals surface area contributed by atoms with E-state index in [1.54, 1.807) is 18.2 Å². The molecule has 1 amide bonds. The molecule has 5 N–H and O–H groups in total. The number of anilines is 2. The molecule has 0 saturated heterocycles. The Bertz CT molecular complexity index is 455. The zero-order valence-corrected chi connectivity index (χ0v) is 12.8. The molecule has 0 aliphatic carbocycles. The first-order valence-corrected chi connectivity index (χ1v) is 7.29. The van der Waals surface area contributed by atoms with Gasteiger partial charge in [-0.05, 0) is 24.0 Å². The van der Waals surface area contributed by atoms with Crippen LogP contribution in [-0.4, -0.2) is 12.5 Å². The number of hydrogen-bond donors (Lipinski definition) is 3. The van der Waals surface area contributed by atoms with E-state index in [1.165, 1.54) is 19.3 Å². The monoisotopic (exact) mass is 277 g/mol. The topological polar surface area (TPSA) is 81.1 Å². The quantitative estimate of drug-likeness (QED) is 0.503. The van der Waals surface area contributed by atoms with Crippen molar-refractivity contribution < 1.29 is 4.79 Å². The second-order valence-corrected chi connectivity index (χ2v) is 6.11. The van der Waals surface area contributed by atoms with E-state index in [2.05, 4.69) is 26.1 Å². The Morgan fingerprint density at radius 3 is 2.60 bits per heavy atom. The van der Waals surface area contributed by atoms with Gasteiger partial charge in [-0.2, -0.15) is 0 Å². The summed E-state index contributed by atoms with van der Waals surface area (Å²) in [6.07, 6.45) is 4.84. The Balaban J connectivity index is 2.72. The molecule has 0 unspecified atom stereocenters. The van der Waals surface area contributed by atoms with Crippen LogP contribution in [-0.2, 0) is 0 Å². The maximum atomic E-state index is 11.4. The molecule has 0 saturated carbocycles. The molecule has 4 nitrogen and oxygen atoms in total. The normalized spacial score (nSPS) is 11.3. The fourth-order valence-corrected chi connectivity index (χ4v) is 2.24. The van der Waals surface area contributed by atoms with Gasteiger partial charge in [-0.15, -0.1) is 0 Å². The summed E-state index contributed by atoms with van der Waals surface area (Å²) in [7, 11) is 0. The molecule has 0 aliphatic rings. The second-order valence-electron chi connectivity index (χ2n) is 6.11. The van der Waals surface area contributed by atoms with Crippen LogP contribution in [0.5, 0.6) is 0 Å². The Morgan fingerprint density at radius 2 is 2.00 bits per heavy atom. The van der Waals surface area contributed by atoms with Gasteiger partial charge in [0.15, 0.2) is 0 Å². The summed E-state index contributed by atoms with van der Waals surface area (Å²) >= 11 is 0. The first-order valence-electron chi connectivity index (χ1n) is 7.29. The van der Waals surface area contributed by atoms with Crippen molar-refractivity contribution in [1.82, 2.24) is 0 Å². The lowest BCUT2D eigenvalue weighted by Gasteiger charge is -2.26. The smallest absolute Gasteiger partial charge is 0.250 e. The van der Waals surface area contributed by atoms with Gasteiger partial charge < -0.3 is 16.8 Å². The first kappa shape index (κ1) is 16.3. The molecular formula is C16H27N3O. The van der Waals surface area contributed by atoms with Gasteiger partial charge in [0.05, 0.1) is 16.9 Å². The van der Waals surface area contributed by atoms with E-state index in [1.807, 2.05) is 0 Å². The van der Waals surface area contributed by atoms with Crippen LogP contribution in [0.2, 0.25) is 0 Å². The van der Waals surface area contributed by atoms with Crippen LogP contribution < -0.4 is 16.8 Å². The third kappa shape index (κ3) is 4.76. The minimum Gasteiger partial charge on any atom is -0.397 e. The molecule has 0 heterocycles. The van der Waals surface area contributed by atoms with Crippen LogP contribution in [0.15, 0.2) is 18.2 Å². The molecule has 0 fully saturated rings. The van der Waals surface area contributed by atoms with Crippen LogP contribution >= 0.6 is 0 Å². The maximum absolute atomic E-state index is 11.4. The highest BCUT2D eigenvalue weighted by Crippen LogP contribution is 2.28. The number of carbonyl (C=O) groups is 1. The third-order valence-electron chi connectivity index (χ3n) is 3.56. The molecule has 1 aromatic rings. The van der Waals surface area contributed by atoms with Crippen molar-refractivity contribution >= 4 is 17.3 Å². The third-order valence-corrected chi connectivity index (χ3v) is 3.56. The number of nitrogens with one attached hydrogen (secondary N) is 1. The summed E-state index contributed by atoms with van der Waals surface area (Å²) < 4.78 is 0. The molecule has 0 radical (unpaired) electrons. The minimum absolute atomic E-state index is 0.159. The number of nitrogen functional groups attached to an aromatic ring is 1. The predicted molar refractivity (Wildman–Crippen MR) is 85.8 cm³/mol. The Hall–Kier alpha value is -1.71. The SMILES string of the molecule is CCCCCC(C)(C)CNc1c(N)cccc1C(N)=O. The Morgan fingerprint density at radius 1 is 1.30 bits per heavy atom. The van der Waals surface area contributed by atoms with Crippen LogP contribution in [0, 0.1) is 5.41 Å². The Kier molecular flexibility index (Phi) is 5.86. The summed E-state index contributed by atoms with van der Waals surface area (Å²) in [5, 5.41) is 3.30. The van der Waals surface area contributed by atoms with Gasteiger partial charge in [-0.25, -0.2) is 0 Å². The molecule has 20 heavy (non-hydrogen) atoms. The zero-order chi connectivity index (χ0) is 15.2.